The molecule has 158 valence electrons. The monoisotopic (exact) mass is 419 g/mol. The van der Waals surface area contributed by atoms with Gasteiger partial charge in [0.15, 0.2) is 0 Å². The number of rotatable bonds is 6. The molecule has 31 heavy (non-hydrogen) atoms. The Hall–Kier alpha value is -3.67. The summed E-state index contributed by atoms with van der Waals surface area (Å²) < 4.78 is 19.2. The molecule has 6 heteroatoms. The molecule has 0 saturated heterocycles. The molecule has 5 nitrogen and oxygen atoms in total. The molecule has 0 heterocycles. The lowest BCUT2D eigenvalue weighted by atomic mass is 9.98. The first-order valence-electron chi connectivity index (χ1n) is 10.0. The van der Waals surface area contributed by atoms with E-state index in [1.807, 2.05) is 48.5 Å². The maximum absolute atomic E-state index is 13.7. The van der Waals surface area contributed by atoms with E-state index >= 15 is 0 Å². The smallest absolute Gasteiger partial charge is 0.407 e. The fourth-order valence-electron chi connectivity index (χ4n) is 4.18. The molecule has 0 unspecified atom stereocenters. The first-order valence-corrected chi connectivity index (χ1v) is 10.0. The molecule has 0 radical (unpaired) electrons. The van der Waals surface area contributed by atoms with Crippen molar-refractivity contribution >= 4 is 12.1 Å². The van der Waals surface area contributed by atoms with Gasteiger partial charge in [0.2, 0.25) is 0 Å². The number of fused-ring (bicyclic) bond motifs is 3. The summed E-state index contributed by atoms with van der Waals surface area (Å²) in [6.07, 6.45) is -1.12. The van der Waals surface area contributed by atoms with Crippen LogP contribution in [0.4, 0.5) is 9.18 Å². The van der Waals surface area contributed by atoms with Crippen molar-refractivity contribution in [2.24, 2.45) is 0 Å². The van der Waals surface area contributed by atoms with Crippen molar-refractivity contribution < 1.29 is 23.8 Å². The highest BCUT2D eigenvalue weighted by Crippen LogP contribution is 2.44. The van der Waals surface area contributed by atoms with E-state index in [0.717, 1.165) is 22.3 Å². The van der Waals surface area contributed by atoms with E-state index in [2.05, 4.69) is 5.32 Å². The third-order valence-corrected chi connectivity index (χ3v) is 5.63. The number of halogens is 1. The molecule has 1 aliphatic rings. The summed E-state index contributed by atoms with van der Waals surface area (Å²) in [6, 6.07) is 19.2. The van der Waals surface area contributed by atoms with Crippen molar-refractivity contribution in [1.82, 2.24) is 5.32 Å². The number of aryl methyl sites for hydroxylation is 1. The van der Waals surface area contributed by atoms with Crippen LogP contribution in [-0.4, -0.2) is 23.8 Å². The molecule has 1 atom stereocenters. The number of nitrogens with one attached hydrogen (secondary N) is 1. The number of hydrogen-bond acceptors (Lipinski definition) is 3. The van der Waals surface area contributed by atoms with Crippen molar-refractivity contribution in [3.05, 3.63) is 94.8 Å². The summed E-state index contributed by atoms with van der Waals surface area (Å²) in [4.78, 5) is 23.9. The molecule has 1 amide bonds. The number of benzene rings is 3. The zero-order valence-electron chi connectivity index (χ0n) is 17.0. The van der Waals surface area contributed by atoms with Gasteiger partial charge < -0.3 is 15.2 Å². The number of carboxylic acids is 1. The van der Waals surface area contributed by atoms with Crippen LogP contribution < -0.4 is 5.32 Å². The van der Waals surface area contributed by atoms with E-state index in [9.17, 15) is 19.1 Å². The van der Waals surface area contributed by atoms with E-state index in [1.54, 1.807) is 13.0 Å². The number of alkyl carbamates (subject to hydrolysis) is 1. The maximum Gasteiger partial charge on any atom is 0.407 e. The van der Waals surface area contributed by atoms with Gasteiger partial charge in [-0.1, -0.05) is 54.6 Å². The number of hydrogen-bond donors (Lipinski definition) is 2. The molecule has 3 aromatic rings. The van der Waals surface area contributed by atoms with Crippen molar-refractivity contribution in [3.8, 4) is 11.1 Å². The zero-order chi connectivity index (χ0) is 22.0. The minimum atomic E-state index is -1.10. The molecular formula is C25H22FNO4. The Morgan fingerprint density at radius 1 is 1.03 bits per heavy atom. The van der Waals surface area contributed by atoms with E-state index in [4.69, 9.17) is 4.74 Å². The van der Waals surface area contributed by atoms with Gasteiger partial charge in [0, 0.05) is 5.92 Å². The van der Waals surface area contributed by atoms with Gasteiger partial charge in [-0.25, -0.2) is 9.18 Å². The fourth-order valence-corrected chi connectivity index (χ4v) is 4.18. The number of aliphatic carboxylic acids is 1. The number of carbonyl (C=O) groups is 2. The second kappa shape index (κ2) is 8.60. The van der Waals surface area contributed by atoms with Crippen LogP contribution in [0.1, 0.15) is 40.6 Å². The van der Waals surface area contributed by atoms with Crippen LogP contribution in [0.15, 0.2) is 66.7 Å². The van der Waals surface area contributed by atoms with Crippen LogP contribution in [0.3, 0.4) is 0 Å². The Bertz CT molecular complexity index is 1100. The van der Waals surface area contributed by atoms with Gasteiger partial charge in [-0.15, -0.1) is 0 Å². The number of carbonyl (C=O) groups excluding carboxylic acids is 1. The lowest BCUT2D eigenvalue weighted by molar-refractivity contribution is -0.137. The largest absolute Gasteiger partial charge is 0.481 e. The number of carboxylic acid groups (broad SMARTS) is 1. The van der Waals surface area contributed by atoms with Crippen LogP contribution in [-0.2, 0) is 9.53 Å². The number of amides is 1. The normalized spacial score (nSPS) is 13.2. The molecule has 0 spiro atoms. The summed E-state index contributed by atoms with van der Waals surface area (Å²) in [6.45, 7) is 1.85. The van der Waals surface area contributed by atoms with Gasteiger partial charge >= 0.3 is 12.1 Å². The van der Waals surface area contributed by atoms with Crippen LogP contribution in [0.5, 0.6) is 0 Å². The molecule has 1 aliphatic carbocycles. The van der Waals surface area contributed by atoms with Gasteiger partial charge in [-0.2, -0.15) is 0 Å². The second-order valence-electron chi connectivity index (χ2n) is 7.62. The predicted molar refractivity (Wildman–Crippen MR) is 114 cm³/mol. The average molecular weight is 419 g/mol. The summed E-state index contributed by atoms with van der Waals surface area (Å²) in [5, 5.41) is 11.8. The van der Waals surface area contributed by atoms with Crippen LogP contribution in [0.25, 0.3) is 11.1 Å². The van der Waals surface area contributed by atoms with Gasteiger partial charge in [0.25, 0.3) is 0 Å². The SMILES string of the molecule is Cc1ccc(F)cc1[C@H](CC(=O)O)NC(=O)OCC1c2ccccc2-c2ccccc21. The fraction of sp³-hybridized carbons (Fsp3) is 0.200. The van der Waals surface area contributed by atoms with Gasteiger partial charge in [-0.05, 0) is 52.4 Å². The van der Waals surface area contributed by atoms with Crippen LogP contribution >= 0.6 is 0 Å². The standard InChI is InChI=1S/C25H22FNO4/c1-15-10-11-16(26)12-21(15)23(13-24(28)29)27-25(30)31-14-22-19-8-4-2-6-17(19)18-7-3-5-9-20(18)22/h2-12,22-23H,13-14H2,1H3,(H,27,30)(H,28,29)/t23-/m0/s1. The molecule has 0 saturated carbocycles. The lowest BCUT2D eigenvalue weighted by Crippen LogP contribution is -2.32. The average Bonchev–Trinajstić information content (AvgIpc) is 3.07. The Balaban J connectivity index is 1.50. The first kappa shape index (κ1) is 20.6. The van der Waals surface area contributed by atoms with Crippen LogP contribution in [0, 0.1) is 12.7 Å². The third kappa shape index (κ3) is 4.28. The van der Waals surface area contributed by atoms with E-state index in [0.29, 0.717) is 11.1 Å². The molecule has 3 aromatic carbocycles. The van der Waals surface area contributed by atoms with Crippen LogP contribution in [0.2, 0.25) is 0 Å². The van der Waals surface area contributed by atoms with E-state index in [1.165, 1.54) is 12.1 Å². The summed E-state index contributed by atoms with van der Waals surface area (Å²) in [7, 11) is 0. The Kier molecular flexibility index (Phi) is 5.71. The predicted octanol–water partition coefficient (Wildman–Crippen LogP) is 5.19. The molecule has 0 fully saturated rings. The summed E-state index contributed by atoms with van der Waals surface area (Å²) in [5.41, 5.74) is 5.50. The minimum Gasteiger partial charge on any atom is -0.481 e. The highest BCUT2D eigenvalue weighted by molar-refractivity contribution is 5.79. The highest BCUT2D eigenvalue weighted by Gasteiger charge is 2.29. The molecule has 0 aliphatic heterocycles. The minimum absolute atomic E-state index is 0.105. The Labute approximate surface area is 179 Å². The second-order valence-corrected chi connectivity index (χ2v) is 7.62. The van der Waals surface area contributed by atoms with Gasteiger partial charge in [0.05, 0.1) is 12.5 Å². The summed E-state index contributed by atoms with van der Waals surface area (Å²) in [5.74, 6) is -1.70. The highest BCUT2D eigenvalue weighted by atomic mass is 19.1. The molecule has 4 rings (SSSR count). The van der Waals surface area contributed by atoms with E-state index in [-0.39, 0.29) is 18.9 Å². The van der Waals surface area contributed by atoms with Gasteiger partial charge in [0.1, 0.15) is 12.4 Å². The quantitative estimate of drug-likeness (QED) is 0.577. The van der Waals surface area contributed by atoms with Gasteiger partial charge in [-0.3, -0.25) is 4.79 Å². The zero-order valence-corrected chi connectivity index (χ0v) is 17.0. The van der Waals surface area contributed by atoms with Crippen molar-refractivity contribution in [2.75, 3.05) is 6.61 Å². The van der Waals surface area contributed by atoms with E-state index < -0.39 is 23.9 Å². The third-order valence-electron chi connectivity index (χ3n) is 5.63. The van der Waals surface area contributed by atoms with Crippen molar-refractivity contribution in [2.45, 2.75) is 25.3 Å². The molecule has 0 aromatic heterocycles. The molecule has 0 bridgehead atoms. The summed E-state index contributed by atoms with van der Waals surface area (Å²) >= 11 is 0. The Morgan fingerprint density at radius 2 is 1.65 bits per heavy atom. The van der Waals surface area contributed by atoms with Crippen molar-refractivity contribution in [1.29, 1.82) is 0 Å². The Morgan fingerprint density at radius 3 is 2.26 bits per heavy atom. The molecular weight excluding hydrogens is 397 g/mol. The topological polar surface area (TPSA) is 75.6 Å². The lowest BCUT2D eigenvalue weighted by Gasteiger charge is -2.20. The maximum atomic E-state index is 13.7. The molecule has 2 N–H and O–H groups in total. The first-order chi connectivity index (χ1) is 14.9. The van der Waals surface area contributed by atoms with Crippen molar-refractivity contribution in [3.63, 3.8) is 0 Å². The number of ether oxygens (including phenoxy) is 1.